The molecule has 0 saturated carbocycles. The molecule has 7 rings (SSSR count). The number of cyclic esters (lactones) is 3. The van der Waals surface area contributed by atoms with Crippen LogP contribution < -0.4 is 0 Å². The lowest BCUT2D eigenvalue weighted by Crippen LogP contribution is -2.46. The molecule has 6 saturated heterocycles. The number of epoxide rings is 3. The minimum atomic E-state index is -1.23. The summed E-state index contributed by atoms with van der Waals surface area (Å²) in [5.41, 5.74) is -1.56. The molecule has 1 aromatic heterocycles. The van der Waals surface area contributed by atoms with Crippen LogP contribution in [0.5, 0.6) is 0 Å². The number of fused-ring (bicyclic) bond motifs is 3. The van der Waals surface area contributed by atoms with Crippen LogP contribution in [0.3, 0.4) is 0 Å². The molecule has 0 amide bonds. The maximum absolute atomic E-state index is 13.4. The number of nitrogens with zero attached hydrogens (tertiary/aromatic N) is 1. The van der Waals surface area contributed by atoms with E-state index in [4.69, 9.17) is 37.5 Å². The molecular weight excluding hydrogens is 1350 g/mol. The zero-order valence-electron chi connectivity index (χ0n) is 65.2. The summed E-state index contributed by atoms with van der Waals surface area (Å²) in [6.07, 6.45) is 9.83. The molecule has 20 nitrogen and oxygen atoms in total. The van der Waals surface area contributed by atoms with E-state index in [1.807, 2.05) is 86.8 Å². The number of ether oxygens (including phenoxy) is 6. The molecule has 23 heteroatoms. The molecule has 101 heavy (non-hydrogen) atoms. The summed E-state index contributed by atoms with van der Waals surface area (Å²) in [6, 6.07) is 0. The summed E-state index contributed by atoms with van der Waals surface area (Å²) in [6.45, 7) is 42.2. The first kappa shape index (κ1) is 91.5. The van der Waals surface area contributed by atoms with E-state index in [1.165, 1.54) is 6.92 Å². The average Bonchev–Trinajstić information content (AvgIpc) is 1.62. The molecule has 0 aliphatic carbocycles. The van der Waals surface area contributed by atoms with Crippen molar-refractivity contribution in [2.75, 3.05) is 0 Å². The Bertz CT molecular complexity index is 3010. The first-order chi connectivity index (χ1) is 46.9. The van der Waals surface area contributed by atoms with Crippen LogP contribution in [0, 0.1) is 71.0 Å². The normalized spacial score (nSPS) is 37.8. The second-order valence-electron chi connectivity index (χ2n) is 31.6. The van der Waals surface area contributed by atoms with E-state index >= 15 is 0 Å². The van der Waals surface area contributed by atoms with Gasteiger partial charge in [-0.25, -0.2) is 4.98 Å². The highest BCUT2D eigenvalue weighted by molar-refractivity contribution is 7.10. The Balaban J connectivity index is 0.000000382. The van der Waals surface area contributed by atoms with Crippen LogP contribution in [0.15, 0.2) is 22.6 Å². The summed E-state index contributed by atoms with van der Waals surface area (Å²) in [5.74, 6) is -1.81. The van der Waals surface area contributed by atoms with E-state index in [0.29, 0.717) is 19.3 Å². The molecular formula is C78H129NO19P2S. The highest BCUT2D eigenvalue weighted by Crippen LogP contribution is 2.48. The van der Waals surface area contributed by atoms with Gasteiger partial charge in [-0.15, -0.1) is 23.7 Å². The summed E-state index contributed by atoms with van der Waals surface area (Å²) in [4.78, 5) is 94.5. The lowest BCUT2D eigenvalue weighted by atomic mass is 9.73. The van der Waals surface area contributed by atoms with Crippen molar-refractivity contribution in [3.63, 3.8) is 0 Å². The third-order valence-electron chi connectivity index (χ3n) is 22.4. The maximum atomic E-state index is 13.4. The summed E-state index contributed by atoms with van der Waals surface area (Å²) in [7, 11) is 4.45. The summed E-state index contributed by atoms with van der Waals surface area (Å²) >= 11 is 1.56. The molecule has 0 radical (unpaired) electrons. The number of carbonyl (C=O) groups excluding carboxylic acids is 7. The second kappa shape index (κ2) is 39.7. The SMILES string of the molecule is C#CC.C/C(=C\c1csc(C)n1)C1CC2OC2(C)CCCC(C)C(O)C(C)C(=O)C(C)(C)C(O)CC(=O)O1.C/C=C(\C)C1CC2OC2(C)CCCC(C)C(O)C(C)C(=O)C(C)(C)C(O)CC(=O)O1.CC.CC(=O)C1CC2OC2(C)CCCC(C)C(OP)C(C)C(=O)C(C)(C)C(OP)CC(=O)O1. The molecule has 0 aromatic carbocycles. The fraction of sp³-hybridized carbons (Fsp3) is 0.795. The minimum absolute atomic E-state index is 0.0141. The Labute approximate surface area is 613 Å². The lowest BCUT2D eigenvalue weighted by Gasteiger charge is -2.37. The van der Waals surface area contributed by atoms with E-state index in [0.717, 1.165) is 79.6 Å². The first-order valence-electron chi connectivity index (χ1n) is 36.6. The van der Waals surface area contributed by atoms with Crippen molar-refractivity contribution in [3.8, 4) is 12.3 Å². The highest BCUT2D eigenvalue weighted by Gasteiger charge is 2.56. The zero-order valence-corrected chi connectivity index (χ0v) is 68.4. The number of allylic oxidation sites excluding steroid dienone is 1. The molecule has 23 atom stereocenters. The largest absolute Gasteiger partial charge is 0.458 e. The van der Waals surface area contributed by atoms with Gasteiger partial charge in [0.25, 0.3) is 0 Å². The van der Waals surface area contributed by atoms with E-state index in [-0.39, 0.29) is 107 Å². The number of terminal acetylenes is 1. The van der Waals surface area contributed by atoms with Gasteiger partial charge in [0.05, 0.1) is 118 Å². The maximum Gasteiger partial charge on any atom is 0.309 e. The van der Waals surface area contributed by atoms with Gasteiger partial charge in [0.1, 0.15) is 29.6 Å². The van der Waals surface area contributed by atoms with E-state index < -0.39 is 94.8 Å². The number of hydrogen-bond donors (Lipinski definition) is 4. The van der Waals surface area contributed by atoms with Gasteiger partial charge < -0.3 is 57.9 Å². The van der Waals surface area contributed by atoms with Gasteiger partial charge in [-0.1, -0.05) is 122 Å². The molecule has 4 N–H and O–H groups in total. The molecule has 6 aliphatic heterocycles. The van der Waals surface area contributed by atoms with Crippen LogP contribution in [0.1, 0.15) is 259 Å². The third kappa shape index (κ3) is 25.5. The number of hydrogen-bond acceptors (Lipinski definition) is 21. The van der Waals surface area contributed by atoms with Crippen molar-refractivity contribution in [1.82, 2.24) is 4.98 Å². The van der Waals surface area contributed by atoms with Gasteiger partial charge in [0.2, 0.25) is 0 Å². The lowest BCUT2D eigenvalue weighted by molar-refractivity contribution is -0.159. The number of carbonyl (C=O) groups is 7. The number of thiazole rings is 1. The predicted molar refractivity (Wildman–Crippen MR) is 400 cm³/mol. The molecule has 0 bridgehead atoms. The van der Waals surface area contributed by atoms with Crippen molar-refractivity contribution < 1.29 is 91.5 Å². The molecule has 576 valence electrons. The Hall–Kier alpha value is -3.74. The number of aromatic nitrogens is 1. The van der Waals surface area contributed by atoms with E-state index in [2.05, 4.69) is 57.0 Å². The van der Waals surface area contributed by atoms with Gasteiger partial charge in [-0.3, -0.25) is 33.6 Å². The van der Waals surface area contributed by atoms with Crippen molar-refractivity contribution in [1.29, 1.82) is 0 Å². The van der Waals surface area contributed by atoms with Crippen LogP contribution in [0.2, 0.25) is 0 Å². The van der Waals surface area contributed by atoms with Gasteiger partial charge in [-0.05, 0) is 136 Å². The Morgan fingerprint density at radius 1 is 0.584 bits per heavy atom. The molecule has 7 heterocycles. The number of aliphatic hydroxyl groups is 4. The Morgan fingerprint density at radius 2 is 0.941 bits per heavy atom. The second-order valence-corrected chi connectivity index (χ2v) is 33.2. The van der Waals surface area contributed by atoms with E-state index in [1.54, 1.807) is 73.7 Å². The Kier molecular flexibility index (Phi) is 36.0. The van der Waals surface area contributed by atoms with Crippen LogP contribution >= 0.6 is 30.3 Å². The summed E-state index contributed by atoms with van der Waals surface area (Å²) in [5, 5.41) is 46.0. The molecule has 23 unspecified atom stereocenters. The van der Waals surface area contributed by atoms with Crippen molar-refractivity contribution in [2.45, 2.75) is 346 Å². The first-order valence-corrected chi connectivity index (χ1v) is 38.5. The van der Waals surface area contributed by atoms with Crippen LogP contribution in [-0.2, 0) is 71.0 Å². The predicted octanol–water partition coefficient (Wildman–Crippen LogP) is 13.5. The fourth-order valence-electron chi connectivity index (χ4n) is 14.3. The molecule has 0 spiro atoms. The number of ketones is 4. The van der Waals surface area contributed by atoms with Gasteiger partial charge >= 0.3 is 17.9 Å². The highest BCUT2D eigenvalue weighted by atomic mass is 32.1. The summed E-state index contributed by atoms with van der Waals surface area (Å²) < 4.78 is 46.1. The number of Topliss-reactive ketones (excluding diaryl/α,β-unsaturated/α-hetero) is 4. The van der Waals surface area contributed by atoms with Crippen LogP contribution in [-0.4, -0.2) is 157 Å². The fourth-order valence-corrected chi connectivity index (χ4v) is 15.8. The van der Waals surface area contributed by atoms with E-state index in [9.17, 15) is 54.0 Å². The minimum Gasteiger partial charge on any atom is -0.458 e. The average molecular weight is 1480 g/mol. The third-order valence-corrected chi connectivity index (χ3v) is 23.8. The number of rotatable bonds is 6. The standard InChI is InChI=1S/C27H41NO6S.C24H40O6.C22H38O7P2.C3H4.C2H6/c1-15-9-8-10-27(7)22(34-27)12-20(16(2)11-19-14-35-18(4)28-19)33-23(30)13-21(29)26(5,6)25(32)17(3)24(15)31;1-8-14(2)17-12-19-24(7,30-19)11-9-10-15(3)21(27)16(4)22(28)23(5,6)18(25)13-20(26)29-17;1-12-8-7-9-22(6)17(27-22)10-15(14(3)23)26-18(24)11-16(28-30)21(4,5)20(25)13(2)19(12)29-31;1-3-2;1-2/h11,14-15,17,20-22,24,29,31H,8-10,12-13H2,1-7H3;8,15-19,21,25,27H,9-13H2,1-7H3;12-13,15-17,19H,7-11,30-31H2,1-6H3;1H,2H3;1-2H3/b16-11+;14-8+;;;. The van der Waals surface area contributed by atoms with Crippen molar-refractivity contribution >= 4 is 77.4 Å². The quantitative estimate of drug-likeness (QED) is 0.0514. The zero-order chi connectivity index (χ0) is 77.2. The Morgan fingerprint density at radius 3 is 1.30 bits per heavy atom. The van der Waals surface area contributed by atoms with Gasteiger partial charge in [0.15, 0.2) is 11.9 Å². The van der Waals surface area contributed by atoms with Crippen molar-refractivity contribution in [3.05, 3.63) is 33.3 Å². The molecule has 6 fully saturated rings. The molecule has 6 aliphatic rings. The smallest absolute Gasteiger partial charge is 0.309 e. The van der Waals surface area contributed by atoms with Gasteiger partial charge in [-0.2, -0.15) is 0 Å². The number of aliphatic hydroxyl groups excluding tert-OH is 4. The van der Waals surface area contributed by atoms with Crippen LogP contribution in [0.4, 0.5) is 0 Å². The number of aryl methyl sites for hydroxylation is 1. The van der Waals surface area contributed by atoms with Crippen LogP contribution in [0.25, 0.3) is 6.08 Å². The number of esters is 3. The van der Waals surface area contributed by atoms with Crippen molar-refractivity contribution in [2.24, 2.45) is 51.8 Å². The molecule has 1 aromatic rings. The van der Waals surface area contributed by atoms with Gasteiger partial charge in [0, 0.05) is 61.3 Å². The monoisotopic (exact) mass is 1480 g/mol. The topological polar surface area (TPSA) is 297 Å².